The van der Waals surface area contributed by atoms with Gasteiger partial charge in [-0.15, -0.1) is 11.3 Å². The molecule has 0 atom stereocenters. The van der Waals surface area contributed by atoms with Gasteiger partial charge in [-0.25, -0.2) is 8.42 Å². The average Bonchev–Trinajstić information content (AvgIpc) is 3.13. The van der Waals surface area contributed by atoms with Crippen LogP contribution in [0.5, 0.6) is 5.75 Å². The van der Waals surface area contributed by atoms with Gasteiger partial charge in [0, 0.05) is 32.2 Å². The molecule has 1 aromatic carbocycles. The molecule has 1 fully saturated rings. The van der Waals surface area contributed by atoms with Gasteiger partial charge in [0.25, 0.3) is 15.9 Å². The molecule has 150 valence electrons. The third-order valence-corrected chi connectivity index (χ3v) is 7.74. The molecular formula is C16H16ClN3O6S2. The van der Waals surface area contributed by atoms with Crippen LogP contribution in [0.4, 0.5) is 5.69 Å². The van der Waals surface area contributed by atoms with E-state index in [0.29, 0.717) is 4.34 Å². The van der Waals surface area contributed by atoms with E-state index >= 15 is 0 Å². The molecule has 9 nitrogen and oxygen atoms in total. The lowest BCUT2D eigenvalue weighted by molar-refractivity contribution is -0.385. The third-order valence-electron chi connectivity index (χ3n) is 4.15. The Labute approximate surface area is 170 Å². The predicted octanol–water partition coefficient (Wildman–Crippen LogP) is 2.22. The van der Waals surface area contributed by atoms with Crippen LogP contribution >= 0.6 is 22.9 Å². The van der Waals surface area contributed by atoms with E-state index in [4.69, 9.17) is 16.3 Å². The molecule has 0 unspecified atom stereocenters. The van der Waals surface area contributed by atoms with Gasteiger partial charge in [0.1, 0.15) is 4.21 Å². The number of piperazine rings is 1. The van der Waals surface area contributed by atoms with E-state index in [9.17, 15) is 23.3 Å². The van der Waals surface area contributed by atoms with Crippen molar-refractivity contribution in [3.63, 3.8) is 0 Å². The first-order chi connectivity index (χ1) is 13.3. The molecular weight excluding hydrogens is 430 g/mol. The highest BCUT2D eigenvalue weighted by atomic mass is 35.5. The van der Waals surface area contributed by atoms with Crippen LogP contribution in [0.3, 0.4) is 0 Å². The van der Waals surface area contributed by atoms with Crippen molar-refractivity contribution in [3.05, 3.63) is 50.8 Å². The van der Waals surface area contributed by atoms with Gasteiger partial charge in [-0.3, -0.25) is 14.9 Å². The van der Waals surface area contributed by atoms with Gasteiger partial charge in [0.15, 0.2) is 12.4 Å². The van der Waals surface area contributed by atoms with Crippen molar-refractivity contribution in [3.8, 4) is 5.75 Å². The molecule has 0 aliphatic carbocycles. The van der Waals surface area contributed by atoms with Crippen LogP contribution in [-0.2, 0) is 14.8 Å². The number of benzene rings is 1. The number of amides is 1. The van der Waals surface area contributed by atoms with Crippen LogP contribution in [0.15, 0.2) is 40.6 Å². The fourth-order valence-corrected chi connectivity index (χ4v) is 5.76. The topological polar surface area (TPSA) is 110 Å². The number of hydrogen-bond donors (Lipinski definition) is 0. The minimum atomic E-state index is -3.64. The molecule has 0 radical (unpaired) electrons. The maximum atomic E-state index is 12.6. The van der Waals surface area contributed by atoms with E-state index in [1.54, 1.807) is 6.07 Å². The van der Waals surface area contributed by atoms with Crippen molar-refractivity contribution in [2.45, 2.75) is 4.21 Å². The second kappa shape index (κ2) is 8.43. The molecule has 3 rings (SSSR count). The molecule has 0 saturated carbocycles. The van der Waals surface area contributed by atoms with E-state index < -0.39 is 14.9 Å². The first kappa shape index (κ1) is 20.5. The Morgan fingerprint density at radius 1 is 1.18 bits per heavy atom. The number of nitro groups is 1. The van der Waals surface area contributed by atoms with Crippen LogP contribution in [-0.4, -0.2) is 61.2 Å². The van der Waals surface area contributed by atoms with Gasteiger partial charge >= 0.3 is 5.69 Å². The van der Waals surface area contributed by atoms with Gasteiger partial charge < -0.3 is 9.64 Å². The number of hydrogen-bond acceptors (Lipinski definition) is 7. The Hall–Kier alpha value is -2.21. The van der Waals surface area contributed by atoms with Crippen LogP contribution in [0.2, 0.25) is 4.34 Å². The number of rotatable bonds is 6. The normalized spacial score (nSPS) is 15.4. The Morgan fingerprint density at radius 2 is 1.86 bits per heavy atom. The minimum absolute atomic E-state index is 0.0108. The van der Waals surface area contributed by atoms with E-state index in [1.807, 2.05) is 0 Å². The second-order valence-electron chi connectivity index (χ2n) is 5.86. The van der Waals surface area contributed by atoms with Crippen molar-refractivity contribution in [1.82, 2.24) is 9.21 Å². The molecule has 1 aliphatic heterocycles. The molecule has 1 aliphatic rings. The number of thiophene rings is 1. The predicted molar refractivity (Wildman–Crippen MR) is 103 cm³/mol. The number of sulfonamides is 1. The minimum Gasteiger partial charge on any atom is -0.477 e. The Balaban J connectivity index is 1.56. The first-order valence-corrected chi connectivity index (χ1v) is 10.8. The fraction of sp³-hybridized carbons (Fsp3) is 0.312. The van der Waals surface area contributed by atoms with Crippen molar-refractivity contribution in [2.24, 2.45) is 0 Å². The quantitative estimate of drug-likeness (QED) is 0.498. The zero-order chi connectivity index (χ0) is 20.3. The summed E-state index contributed by atoms with van der Waals surface area (Å²) in [6.45, 7) is 0.344. The summed E-state index contributed by atoms with van der Waals surface area (Å²) >= 11 is 6.80. The third kappa shape index (κ3) is 4.43. The summed E-state index contributed by atoms with van der Waals surface area (Å²) in [5, 5.41) is 11.0. The maximum absolute atomic E-state index is 12.6. The molecule has 1 amide bonds. The van der Waals surface area contributed by atoms with Gasteiger partial charge in [-0.1, -0.05) is 23.7 Å². The number of ether oxygens (including phenoxy) is 1. The summed E-state index contributed by atoms with van der Waals surface area (Å²) in [6.07, 6.45) is 0. The summed E-state index contributed by atoms with van der Waals surface area (Å²) < 4.78 is 32.3. The lowest BCUT2D eigenvalue weighted by Gasteiger charge is -2.33. The zero-order valence-corrected chi connectivity index (χ0v) is 16.9. The van der Waals surface area contributed by atoms with E-state index in [-0.39, 0.29) is 54.3 Å². The molecule has 0 spiro atoms. The Kier molecular flexibility index (Phi) is 6.18. The van der Waals surface area contributed by atoms with Crippen molar-refractivity contribution >= 4 is 44.6 Å². The summed E-state index contributed by atoms with van der Waals surface area (Å²) in [6, 6.07) is 8.78. The first-order valence-electron chi connectivity index (χ1n) is 8.18. The number of carbonyl (C=O) groups is 1. The lowest BCUT2D eigenvalue weighted by atomic mass is 10.3. The zero-order valence-electron chi connectivity index (χ0n) is 14.5. The molecule has 28 heavy (non-hydrogen) atoms. The number of nitro benzene ring substituents is 1. The highest BCUT2D eigenvalue weighted by Crippen LogP contribution is 2.29. The van der Waals surface area contributed by atoms with Crippen molar-refractivity contribution < 1.29 is 22.9 Å². The highest BCUT2D eigenvalue weighted by molar-refractivity contribution is 7.91. The molecule has 2 aromatic rings. The van der Waals surface area contributed by atoms with Crippen LogP contribution < -0.4 is 4.74 Å². The number of para-hydroxylation sites is 2. The Bertz CT molecular complexity index is 986. The molecule has 0 N–H and O–H groups in total. The SMILES string of the molecule is O=C(COc1ccccc1[N+](=O)[O-])N1CCN(S(=O)(=O)c2ccc(Cl)s2)CC1. The highest BCUT2D eigenvalue weighted by Gasteiger charge is 2.31. The summed E-state index contributed by atoms with van der Waals surface area (Å²) in [4.78, 5) is 24.2. The van der Waals surface area contributed by atoms with Crippen LogP contribution in [0.1, 0.15) is 0 Å². The lowest BCUT2D eigenvalue weighted by Crippen LogP contribution is -2.51. The summed E-state index contributed by atoms with van der Waals surface area (Å²) in [5.74, 6) is -0.356. The largest absolute Gasteiger partial charge is 0.477 e. The Morgan fingerprint density at radius 3 is 2.46 bits per heavy atom. The fourth-order valence-electron chi connectivity index (χ4n) is 2.70. The molecule has 1 saturated heterocycles. The standard InChI is InChI=1S/C16H16ClN3O6S2/c17-14-5-6-16(27-14)28(24,25)19-9-7-18(8-10-19)15(21)11-26-13-4-2-1-3-12(13)20(22)23/h1-6H,7-11H2. The summed E-state index contributed by atoms with van der Waals surface area (Å²) in [7, 11) is -3.64. The average molecular weight is 446 g/mol. The van der Waals surface area contributed by atoms with Crippen molar-refractivity contribution in [1.29, 1.82) is 0 Å². The monoisotopic (exact) mass is 445 g/mol. The molecule has 12 heteroatoms. The van der Waals surface area contributed by atoms with Gasteiger partial charge in [-0.2, -0.15) is 4.31 Å². The second-order valence-corrected chi connectivity index (χ2v) is 9.74. The molecule has 1 aromatic heterocycles. The van der Waals surface area contributed by atoms with Crippen molar-refractivity contribution in [2.75, 3.05) is 32.8 Å². The van der Waals surface area contributed by atoms with Crippen LogP contribution in [0, 0.1) is 10.1 Å². The number of halogens is 1. The van der Waals surface area contributed by atoms with Gasteiger partial charge in [0.05, 0.1) is 9.26 Å². The smallest absolute Gasteiger partial charge is 0.310 e. The van der Waals surface area contributed by atoms with E-state index in [0.717, 1.165) is 11.3 Å². The van der Waals surface area contributed by atoms with Gasteiger partial charge in [-0.05, 0) is 18.2 Å². The molecule has 2 heterocycles. The number of carbonyl (C=O) groups excluding carboxylic acids is 1. The summed E-state index contributed by atoms with van der Waals surface area (Å²) in [5.41, 5.74) is -0.221. The van der Waals surface area contributed by atoms with Gasteiger partial charge in [0.2, 0.25) is 0 Å². The number of nitrogens with zero attached hydrogens (tertiary/aromatic N) is 3. The van der Waals surface area contributed by atoms with E-state index in [2.05, 4.69) is 0 Å². The van der Waals surface area contributed by atoms with E-state index in [1.165, 1.54) is 39.5 Å². The van der Waals surface area contributed by atoms with Crippen LogP contribution in [0.25, 0.3) is 0 Å². The maximum Gasteiger partial charge on any atom is 0.310 e. The molecule has 0 bridgehead atoms.